The number of carbonyl (C=O) groups is 1. The zero-order valence-corrected chi connectivity index (χ0v) is 12.6. The van der Waals surface area contributed by atoms with Crippen molar-refractivity contribution >= 4 is 17.3 Å². The van der Waals surface area contributed by atoms with Gasteiger partial charge in [-0.2, -0.15) is 0 Å². The lowest BCUT2D eigenvalue weighted by molar-refractivity contribution is 0.0602. The first-order chi connectivity index (χ1) is 10.1. The lowest BCUT2D eigenvalue weighted by Crippen LogP contribution is -2.46. The number of halogens is 1. The highest BCUT2D eigenvalue weighted by atomic mass is 19.1. The number of benzene rings is 1. The van der Waals surface area contributed by atoms with Gasteiger partial charge in [-0.15, -0.1) is 0 Å². The van der Waals surface area contributed by atoms with Crippen molar-refractivity contribution in [1.29, 1.82) is 0 Å². The number of esters is 1. The molecule has 0 unspecified atom stereocenters. The molecular formula is C15H22FN3O2. The molecule has 21 heavy (non-hydrogen) atoms. The van der Waals surface area contributed by atoms with E-state index >= 15 is 0 Å². The highest BCUT2D eigenvalue weighted by Crippen LogP contribution is 2.27. The van der Waals surface area contributed by atoms with E-state index in [-0.39, 0.29) is 11.3 Å². The topological polar surface area (TPSA) is 58.8 Å². The van der Waals surface area contributed by atoms with Gasteiger partial charge in [0, 0.05) is 31.9 Å². The molecule has 0 atom stereocenters. The maximum Gasteiger partial charge on any atom is 0.340 e. The summed E-state index contributed by atoms with van der Waals surface area (Å²) in [7, 11) is 1.29. The maximum absolute atomic E-state index is 14.1. The van der Waals surface area contributed by atoms with Gasteiger partial charge in [0.2, 0.25) is 0 Å². The van der Waals surface area contributed by atoms with Crippen LogP contribution in [-0.4, -0.2) is 50.7 Å². The first kappa shape index (κ1) is 15.6. The molecule has 0 aromatic heterocycles. The van der Waals surface area contributed by atoms with Gasteiger partial charge in [-0.1, -0.05) is 6.92 Å². The van der Waals surface area contributed by atoms with Crippen molar-refractivity contribution in [1.82, 2.24) is 4.90 Å². The van der Waals surface area contributed by atoms with Crippen LogP contribution in [0.25, 0.3) is 0 Å². The highest BCUT2D eigenvalue weighted by molar-refractivity contribution is 5.96. The number of hydrogen-bond acceptors (Lipinski definition) is 5. The first-order valence-electron chi connectivity index (χ1n) is 7.21. The molecule has 1 saturated heterocycles. The molecule has 116 valence electrons. The van der Waals surface area contributed by atoms with Crippen molar-refractivity contribution in [3.63, 3.8) is 0 Å². The molecule has 0 amide bonds. The fourth-order valence-electron chi connectivity index (χ4n) is 2.63. The first-order valence-corrected chi connectivity index (χ1v) is 7.21. The highest BCUT2D eigenvalue weighted by Gasteiger charge is 2.22. The zero-order chi connectivity index (χ0) is 15.4. The standard InChI is InChI=1S/C15H22FN3O2/c1-3-4-18-5-7-19(8-6-18)14-9-11(15(20)21-2)13(17)10-12(14)16/h9-10H,3-8,17H2,1-2H3. The van der Waals surface area contributed by atoms with Crippen LogP contribution in [0.15, 0.2) is 12.1 Å². The number of rotatable bonds is 4. The van der Waals surface area contributed by atoms with Gasteiger partial charge in [-0.3, -0.25) is 4.90 Å². The Bertz CT molecular complexity index is 514. The number of anilines is 2. The fourth-order valence-corrected chi connectivity index (χ4v) is 2.63. The van der Waals surface area contributed by atoms with Gasteiger partial charge in [0.25, 0.3) is 0 Å². The third kappa shape index (κ3) is 3.44. The summed E-state index contributed by atoms with van der Waals surface area (Å²) in [6, 6.07) is 2.69. The second kappa shape index (κ2) is 6.76. The normalized spacial score (nSPS) is 16.0. The van der Waals surface area contributed by atoms with Crippen molar-refractivity contribution in [2.24, 2.45) is 0 Å². The molecule has 2 rings (SSSR count). The van der Waals surface area contributed by atoms with Crippen LogP contribution in [0.2, 0.25) is 0 Å². The number of nitrogens with zero attached hydrogens (tertiary/aromatic N) is 2. The molecular weight excluding hydrogens is 273 g/mol. The number of ether oxygens (including phenoxy) is 1. The molecule has 0 radical (unpaired) electrons. The lowest BCUT2D eigenvalue weighted by atomic mass is 10.1. The molecule has 5 nitrogen and oxygen atoms in total. The Hall–Kier alpha value is -1.82. The zero-order valence-electron chi connectivity index (χ0n) is 12.6. The second-order valence-corrected chi connectivity index (χ2v) is 5.21. The van der Waals surface area contributed by atoms with Crippen LogP contribution < -0.4 is 10.6 Å². The number of nitrogen functional groups attached to an aromatic ring is 1. The molecule has 1 fully saturated rings. The molecule has 0 aliphatic carbocycles. The van der Waals surface area contributed by atoms with Gasteiger partial charge in [-0.25, -0.2) is 9.18 Å². The quantitative estimate of drug-likeness (QED) is 0.677. The third-order valence-electron chi connectivity index (χ3n) is 3.78. The average Bonchev–Trinajstić information content (AvgIpc) is 2.48. The summed E-state index contributed by atoms with van der Waals surface area (Å²) in [4.78, 5) is 16.0. The van der Waals surface area contributed by atoms with E-state index in [0.717, 1.165) is 39.1 Å². The summed E-state index contributed by atoms with van der Waals surface area (Å²) < 4.78 is 18.8. The predicted octanol–water partition coefficient (Wildman–Crippen LogP) is 1.73. The van der Waals surface area contributed by atoms with Gasteiger partial charge in [0.05, 0.1) is 18.4 Å². The van der Waals surface area contributed by atoms with E-state index in [9.17, 15) is 9.18 Å². The number of hydrogen-bond donors (Lipinski definition) is 1. The molecule has 0 saturated carbocycles. The molecule has 1 aromatic rings. The Kier molecular flexibility index (Phi) is 5.01. The van der Waals surface area contributed by atoms with Crippen molar-refractivity contribution in [3.05, 3.63) is 23.5 Å². The second-order valence-electron chi connectivity index (χ2n) is 5.21. The van der Waals surface area contributed by atoms with E-state index in [4.69, 9.17) is 5.73 Å². The lowest BCUT2D eigenvalue weighted by Gasteiger charge is -2.36. The Morgan fingerprint density at radius 3 is 2.57 bits per heavy atom. The Morgan fingerprint density at radius 1 is 1.33 bits per heavy atom. The van der Waals surface area contributed by atoms with E-state index in [1.807, 2.05) is 4.90 Å². The van der Waals surface area contributed by atoms with E-state index in [1.165, 1.54) is 19.2 Å². The molecule has 1 aliphatic heterocycles. The van der Waals surface area contributed by atoms with Crippen molar-refractivity contribution < 1.29 is 13.9 Å². The van der Waals surface area contributed by atoms with Crippen LogP contribution in [0.1, 0.15) is 23.7 Å². The monoisotopic (exact) mass is 295 g/mol. The van der Waals surface area contributed by atoms with Crippen LogP contribution in [0, 0.1) is 5.82 Å². The largest absolute Gasteiger partial charge is 0.465 e. The van der Waals surface area contributed by atoms with Crippen molar-refractivity contribution in [2.75, 3.05) is 50.5 Å². The minimum absolute atomic E-state index is 0.104. The van der Waals surface area contributed by atoms with Crippen LogP contribution in [-0.2, 0) is 4.74 Å². The molecule has 2 N–H and O–H groups in total. The Morgan fingerprint density at radius 2 is 2.00 bits per heavy atom. The summed E-state index contributed by atoms with van der Waals surface area (Å²) in [5, 5.41) is 0. The van der Waals surface area contributed by atoms with Crippen molar-refractivity contribution in [3.8, 4) is 0 Å². The van der Waals surface area contributed by atoms with Gasteiger partial charge in [0.1, 0.15) is 5.82 Å². The van der Waals surface area contributed by atoms with Crippen molar-refractivity contribution in [2.45, 2.75) is 13.3 Å². The number of methoxy groups -OCH3 is 1. The minimum atomic E-state index is -0.543. The van der Waals surface area contributed by atoms with E-state index < -0.39 is 11.8 Å². The number of piperazine rings is 1. The van der Waals surface area contributed by atoms with E-state index in [0.29, 0.717) is 5.69 Å². The summed E-state index contributed by atoms with van der Waals surface area (Å²) in [5.41, 5.74) is 6.42. The molecule has 0 spiro atoms. The van der Waals surface area contributed by atoms with Crippen LogP contribution in [0.3, 0.4) is 0 Å². The van der Waals surface area contributed by atoms with Gasteiger partial charge in [0.15, 0.2) is 0 Å². The molecule has 1 heterocycles. The van der Waals surface area contributed by atoms with Crippen LogP contribution in [0.4, 0.5) is 15.8 Å². The number of nitrogens with two attached hydrogens (primary N) is 1. The molecule has 6 heteroatoms. The van der Waals surface area contributed by atoms with Gasteiger partial charge in [-0.05, 0) is 25.1 Å². The molecule has 1 aliphatic rings. The Labute approximate surface area is 124 Å². The fraction of sp³-hybridized carbons (Fsp3) is 0.533. The maximum atomic E-state index is 14.1. The summed E-state index contributed by atoms with van der Waals surface area (Å²) in [5.74, 6) is -0.942. The molecule has 1 aromatic carbocycles. The van der Waals surface area contributed by atoms with Crippen LogP contribution >= 0.6 is 0 Å². The third-order valence-corrected chi connectivity index (χ3v) is 3.78. The minimum Gasteiger partial charge on any atom is -0.465 e. The van der Waals surface area contributed by atoms with Gasteiger partial charge < -0.3 is 15.4 Å². The van der Waals surface area contributed by atoms with Gasteiger partial charge >= 0.3 is 5.97 Å². The van der Waals surface area contributed by atoms with E-state index in [2.05, 4.69) is 16.6 Å². The summed E-state index contributed by atoms with van der Waals surface area (Å²) >= 11 is 0. The predicted molar refractivity (Wildman–Crippen MR) is 81.1 cm³/mol. The number of carbonyl (C=O) groups excluding carboxylic acids is 1. The SMILES string of the molecule is CCCN1CCN(c2cc(C(=O)OC)c(N)cc2F)CC1. The van der Waals surface area contributed by atoms with E-state index in [1.54, 1.807) is 0 Å². The Balaban J connectivity index is 2.18. The summed E-state index contributed by atoms with van der Waals surface area (Å²) in [6.07, 6.45) is 1.11. The average molecular weight is 295 g/mol. The molecule has 0 bridgehead atoms. The smallest absolute Gasteiger partial charge is 0.340 e. The summed E-state index contributed by atoms with van der Waals surface area (Å²) in [6.45, 7) is 6.47. The van der Waals surface area contributed by atoms with Crippen LogP contribution in [0.5, 0.6) is 0 Å².